The minimum Gasteiger partial charge on any atom is -0.368 e. The predicted octanol–water partition coefficient (Wildman–Crippen LogP) is 1.42. The molecule has 2 aromatic rings. The van der Waals surface area contributed by atoms with Gasteiger partial charge in [0, 0.05) is 19.3 Å². The summed E-state index contributed by atoms with van der Waals surface area (Å²) < 4.78 is 39.2. The Morgan fingerprint density at radius 3 is 2.68 bits per heavy atom. The topological polar surface area (TPSA) is 81.7 Å². The lowest BCUT2D eigenvalue weighted by Crippen LogP contribution is -2.13. The number of nitrogens with zero attached hydrogens (tertiary/aromatic N) is 4. The molecule has 2 rings (SSSR count). The zero-order valence-corrected chi connectivity index (χ0v) is 9.94. The zero-order valence-electron chi connectivity index (χ0n) is 9.94. The molecule has 0 aliphatic heterocycles. The summed E-state index contributed by atoms with van der Waals surface area (Å²) in [6, 6.07) is 2.55. The highest BCUT2D eigenvalue weighted by atomic mass is 19.4. The zero-order chi connectivity index (χ0) is 14.0. The van der Waals surface area contributed by atoms with Gasteiger partial charge in [-0.25, -0.2) is 4.98 Å². The molecule has 0 unspecified atom stereocenters. The number of rotatable bonds is 3. The molecule has 6 nitrogen and oxygen atoms in total. The van der Waals surface area contributed by atoms with E-state index in [0.717, 1.165) is 11.8 Å². The van der Waals surface area contributed by atoms with Crippen molar-refractivity contribution in [1.29, 1.82) is 0 Å². The van der Waals surface area contributed by atoms with Crippen LogP contribution in [0.1, 0.15) is 11.4 Å². The molecule has 19 heavy (non-hydrogen) atoms. The summed E-state index contributed by atoms with van der Waals surface area (Å²) in [7, 11) is 1.73. The van der Waals surface area contributed by atoms with E-state index in [1.54, 1.807) is 24.0 Å². The molecule has 9 heteroatoms. The molecule has 0 radical (unpaired) electrons. The second-order valence-electron chi connectivity index (χ2n) is 3.79. The number of alkyl halides is 3. The number of halogens is 3. The fourth-order valence-electron chi connectivity index (χ4n) is 1.46. The molecule has 0 atom stereocenters. The van der Waals surface area contributed by atoms with Crippen molar-refractivity contribution in [3.8, 4) is 0 Å². The minimum absolute atomic E-state index is 0.0148. The maximum atomic E-state index is 12.5. The van der Waals surface area contributed by atoms with Gasteiger partial charge in [0.05, 0.1) is 12.2 Å². The molecule has 2 heterocycles. The molecular formula is C10H11F3N6. The van der Waals surface area contributed by atoms with Gasteiger partial charge in [0.15, 0.2) is 5.69 Å². The largest absolute Gasteiger partial charge is 0.433 e. The standard InChI is InChI=1S/C10H11F3N6/c1-19-6(2-3-16-19)5-15-8-4-7(10(11,12)13)17-9(14)18-8/h2-4H,5H2,1H3,(H3,14,15,17,18). The Balaban J connectivity index is 2.17. The summed E-state index contributed by atoms with van der Waals surface area (Å²) in [4.78, 5) is 6.85. The minimum atomic E-state index is -4.56. The van der Waals surface area contributed by atoms with Crippen molar-refractivity contribution in [3.05, 3.63) is 29.7 Å². The van der Waals surface area contributed by atoms with Crippen molar-refractivity contribution in [1.82, 2.24) is 19.7 Å². The van der Waals surface area contributed by atoms with Crippen molar-refractivity contribution in [3.63, 3.8) is 0 Å². The van der Waals surface area contributed by atoms with E-state index in [4.69, 9.17) is 5.73 Å². The first kappa shape index (κ1) is 13.1. The van der Waals surface area contributed by atoms with Crippen LogP contribution in [0.15, 0.2) is 18.3 Å². The molecule has 0 saturated heterocycles. The number of nitrogen functional groups attached to an aromatic ring is 1. The average molecular weight is 272 g/mol. The summed E-state index contributed by atoms with van der Waals surface area (Å²) in [6.45, 7) is 0.282. The lowest BCUT2D eigenvalue weighted by atomic mass is 10.3. The monoisotopic (exact) mass is 272 g/mol. The summed E-state index contributed by atoms with van der Waals surface area (Å²) in [6.07, 6.45) is -2.97. The van der Waals surface area contributed by atoms with E-state index in [2.05, 4.69) is 20.4 Å². The summed E-state index contributed by atoms with van der Waals surface area (Å²) in [5, 5.41) is 6.69. The molecule has 0 saturated carbocycles. The van der Waals surface area contributed by atoms with Gasteiger partial charge in [0.2, 0.25) is 5.95 Å². The smallest absolute Gasteiger partial charge is 0.368 e. The third kappa shape index (κ3) is 3.12. The van der Waals surface area contributed by atoms with Gasteiger partial charge in [-0.3, -0.25) is 4.68 Å². The van der Waals surface area contributed by atoms with Crippen LogP contribution in [0.5, 0.6) is 0 Å². The molecule has 3 N–H and O–H groups in total. The molecule has 0 spiro atoms. The van der Waals surface area contributed by atoms with Crippen molar-refractivity contribution in [2.24, 2.45) is 7.05 Å². The van der Waals surface area contributed by atoms with Crippen LogP contribution in [0, 0.1) is 0 Å². The number of nitrogens with two attached hydrogens (primary N) is 1. The Bertz CT molecular complexity index is 577. The van der Waals surface area contributed by atoms with Crippen LogP contribution < -0.4 is 11.1 Å². The highest BCUT2D eigenvalue weighted by Gasteiger charge is 2.33. The first-order chi connectivity index (χ1) is 8.86. The Morgan fingerprint density at radius 1 is 1.37 bits per heavy atom. The summed E-state index contributed by atoms with van der Waals surface area (Å²) >= 11 is 0. The normalized spacial score (nSPS) is 11.6. The lowest BCUT2D eigenvalue weighted by molar-refractivity contribution is -0.141. The Kier molecular flexibility index (Phi) is 3.28. The molecule has 102 valence electrons. The van der Waals surface area contributed by atoms with Crippen LogP contribution in [0.3, 0.4) is 0 Å². The highest BCUT2D eigenvalue weighted by Crippen LogP contribution is 2.29. The van der Waals surface area contributed by atoms with Crippen LogP contribution in [0.25, 0.3) is 0 Å². The number of hydrogen-bond donors (Lipinski definition) is 2. The van der Waals surface area contributed by atoms with Gasteiger partial charge in [-0.1, -0.05) is 0 Å². The first-order valence-electron chi connectivity index (χ1n) is 5.29. The van der Waals surface area contributed by atoms with E-state index in [1.165, 1.54) is 0 Å². The first-order valence-corrected chi connectivity index (χ1v) is 5.29. The molecule has 0 aliphatic carbocycles. The number of hydrogen-bond acceptors (Lipinski definition) is 5. The van der Waals surface area contributed by atoms with Gasteiger partial charge in [-0.05, 0) is 6.07 Å². The summed E-state index contributed by atoms with van der Waals surface area (Å²) in [5.41, 5.74) is 4.98. The van der Waals surface area contributed by atoms with Crippen LogP contribution >= 0.6 is 0 Å². The molecule has 0 bridgehead atoms. The third-order valence-corrected chi connectivity index (χ3v) is 2.41. The maximum absolute atomic E-state index is 12.5. The number of aromatic nitrogens is 4. The van der Waals surface area contributed by atoms with Crippen LogP contribution in [-0.2, 0) is 19.8 Å². The Morgan fingerprint density at radius 2 is 2.11 bits per heavy atom. The third-order valence-electron chi connectivity index (χ3n) is 2.41. The Hall–Kier alpha value is -2.32. The molecule has 0 aromatic carbocycles. The average Bonchev–Trinajstić information content (AvgIpc) is 2.70. The molecule has 0 amide bonds. The summed E-state index contributed by atoms with van der Waals surface area (Å²) in [5.74, 6) is -0.414. The maximum Gasteiger partial charge on any atom is 0.433 e. The van der Waals surface area contributed by atoms with Crippen molar-refractivity contribution < 1.29 is 13.2 Å². The molecule has 0 fully saturated rings. The highest BCUT2D eigenvalue weighted by molar-refractivity contribution is 5.41. The predicted molar refractivity (Wildman–Crippen MR) is 62.0 cm³/mol. The molecule has 0 aliphatic rings. The van der Waals surface area contributed by atoms with Gasteiger partial charge >= 0.3 is 6.18 Å². The lowest BCUT2D eigenvalue weighted by Gasteiger charge is -2.10. The fraction of sp³-hybridized carbons (Fsp3) is 0.300. The van der Waals surface area contributed by atoms with Gasteiger partial charge in [0.25, 0.3) is 0 Å². The second-order valence-corrected chi connectivity index (χ2v) is 3.79. The van der Waals surface area contributed by atoms with Gasteiger partial charge in [0.1, 0.15) is 5.82 Å². The van der Waals surface area contributed by atoms with Gasteiger partial charge < -0.3 is 11.1 Å². The van der Waals surface area contributed by atoms with E-state index in [1.807, 2.05) is 0 Å². The van der Waals surface area contributed by atoms with Gasteiger partial charge in [-0.15, -0.1) is 0 Å². The molecular weight excluding hydrogens is 261 g/mol. The van der Waals surface area contributed by atoms with Gasteiger partial charge in [-0.2, -0.15) is 23.3 Å². The van der Waals surface area contributed by atoms with E-state index >= 15 is 0 Å². The molecule has 2 aromatic heterocycles. The van der Waals surface area contributed by atoms with E-state index in [0.29, 0.717) is 0 Å². The van der Waals surface area contributed by atoms with Crippen molar-refractivity contribution in [2.75, 3.05) is 11.1 Å². The number of anilines is 2. The van der Waals surface area contributed by atoms with E-state index < -0.39 is 17.8 Å². The van der Waals surface area contributed by atoms with Crippen LogP contribution in [0.4, 0.5) is 24.9 Å². The Labute approximate surface area is 106 Å². The van der Waals surface area contributed by atoms with Crippen LogP contribution in [0.2, 0.25) is 0 Å². The number of nitrogens with one attached hydrogen (secondary N) is 1. The van der Waals surface area contributed by atoms with Crippen LogP contribution in [-0.4, -0.2) is 19.7 Å². The SMILES string of the molecule is Cn1nccc1CNc1cc(C(F)(F)F)nc(N)n1. The van der Waals surface area contributed by atoms with Crippen molar-refractivity contribution in [2.45, 2.75) is 12.7 Å². The van der Waals surface area contributed by atoms with E-state index in [9.17, 15) is 13.2 Å². The van der Waals surface area contributed by atoms with E-state index in [-0.39, 0.29) is 12.4 Å². The second kappa shape index (κ2) is 4.75. The fourth-order valence-corrected chi connectivity index (χ4v) is 1.46. The van der Waals surface area contributed by atoms with Crippen molar-refractivity contribution >= 4 is 11.8 Å². The number of aryl methyl sites for hydroxylation is 1. The quantitative estimate of drug-likeness (QED) is 0.883.